The van der Waals surface area contributed by atoms with Gasteiger partial charge in [0.2, 0.25) is 0 Å². The van der Waals surface area contributed by atoms with Crippen molar-refractivity contribution in [2.75, 3.05) is 19.8 Å². The first-order valence-corrected chi connectivity index (χ1v) is 16.7. The van der Waals surface area contributed by atoms with Gasteiger partial charge in [-0.15, -0.1) is 0 Å². The van der Waals surface area contributed by atoms with E-state index in [0.717, 1.165) is 67.5 Å². The highest BCUT2D eigenvalue weighted by Gasteiger charge is 2.15. The van der Waals surface area contributed by atoms with E-state index in [4.69, 9.17) is 14.2 Å². The zero-order valence-electron chi connectivity index (χ0n) is 27.5. The van der Waals surface area contributed by atoms with Gasteiger partial charge < -0.3 is 14.2 Å². The third-order valence-corrected chi connectivity index (χ3v) is 8.09. The van der Waals surface area contributed by atoms with E-state index in [1.54, 1.807) is 0 Å². The van der Waals surface area contributed by atoms with Crippen molar-refractivity contribution < 1.29 is 14.2 Å². The molecule has 0 unspecified atom stereocenters. The minimum Gasteiger partial charge on any atom is -0.493 e. The van der Waals surface area contributed by atoms with E-state index in [-0.39, 0.29) is 0 Å². The molecule has 3 aromatic carbocycles. The van der Waals surface area contributed by atoms with Crippen molar-refractivity contribution in [3.63, 3.8) is 0 Å². The minimum atomic E-state index is 0.724. The summed E-state index contributed by atoms with van der Waals surface area (Å²) in [7, 11) is 0. The number of benzene rings is 3. The number of hydrogen-bond donors (Lipinski definition) is 0. The van der Waals surface area contributed by atoms with Gasteiger partial charge in [0.25, 0.3) is 0 Å². The molecule has 0 aliphatic carbocycles. The first kappa shape index (κ1) is 33.6. The Hall–Kier alpha value is -2.94. The van der Waals surface area contributed by atoms with Gasteiger partial charge in [-0.25, -0.2) is 0 Å². The van der Waals surface area contributed by atoms with Gasteiger partial charge in [0.15, 0.2) is 0 Å². The maximum atomic E-state index is 6.54. The van der Waals surface area contributed by atoms with Gasteiger partial charge in [-0.1, -0.05) is 103 Å². The Labute approximate surface area is 257 Å². The van der Waals surface area contributed by atoms with Crippen LogP contribution in [0.1, 0.15) is 115 Å². The van der Waals surface area contributed by atoms with Crippen molar-refractivity contribution in [3.8, 4) is 39.5 Å². The first-order valence-electron chi connectivity index (χ1n) is 16.7. The van der Waals surface area contributed by atoms with Crippen LogP contribution in [0.5, 0.6) is 17.2 Å². The second-order valence-electron chi connectivity index (χ2n) is 11.9. The third-order valence-electron chi connectivity index (χ3n) is 8.09. The van der Waals surface area contributed by atoms with Crippen LogP contribution in [0.4, 0.5) is 0 Å². The summed E-state index contributed by atoms with van der Waals surface area (Å²) >= 11 is 0. The third kappa shape index (κ3) is 10.4. The lowest BCUT2D eigenvalue weighted by molar-refractivity contribution is 0.302. The smallest absolute Gasteiger partial charge is 0.127 e. The van der Waals surface area contributed by atoms with Crippen LogP contribution < -0.4 is 14.2 Å². The molecule has 0 saturated heterocycles. The van der Waals surface area contributed by atoms with Gasteiger partial charge in [-0.2, -0.15) is 0 Å². The standard InChI is InChI=1S/C39H56O3/c1-7-10-13-16-23-40-37-27-33(21-19-30(37)4)35-29-39(42-25-18-15-12-9-3)36(26-32(35)6)34-22-20-31(5)38(28-34)41-24-17-14-11-8-2/h19-22,26-29H,7-18,23-25H2,1-6H3. The Bertz CT molecular complexity index is 1210. The van der Waals surface area contributed by atoms with Crippen LogP contribution in [-0.4, -0.2) is 19.8 Å². The van der Waals surface area contributed by atoms with Gasteiger partial charge in [0.05, 0.1) is 19.8 Å². The van der Waals surface area contributed by atoms with Crippen LogP contribution in [0.25, 0.3) is 22.3 Å². The average molecular weight is 573 g/mol. The summed E-state index contributed by atoms with van der Waals surface area (Å²) in [5.41, 5.74) is 8.21. The quantitative estimate of drug-likeness (QED) is 0.126. The van der Waals surface area contributed by atoms with Crippen molar-refractivity contribution in [3.05, 3.63) is 65.2 Å². The molecule has 0 aliphatic heterocycles. The molecule has 0 radical (unpaired) electrons. The molecule has 0 N–H and O–H groups in total. The molecule has 3 heteroatoms. The Balaban J connectivity index is 1.90. The predicted molar refractivity (Wildman–Crippen MR) is 180 cm³/mol. The molecular formula is C39H56O3. The molecule has 0 aromatic heterocycles. The molecule has 0 saturated carbocycles. The molecule has 3 nitrogen and oxygen atoms in total. The zero-order valence-corrected chi connectivity index (χ0v) is 27.5. The van der Waals surface area contributed by atoms with Crippen molar-refractivity contribution in [1.82, 2.24) is 0 Å². The first-order chi connectivity index (χ1) is 20.5. The molecule has 3 rings (SSSR count). The van der Waals surface area contributed by atoms with E-state index < -0.39 is 0 Å². The van der Waals surface area contributed by atoms with E-state index in [1.165, 1.54) is 85.6 Å². The number of aryl methyl sites for hydroxylation is 3. The Morgan fingerprint density at radius 1 is 0.405 bits per heavy atom. The number of hydrogen-bond acceptors (Lipinski definition) is 3. The fourth-order valence-electron chi connectivity index (χ4n) is 5.32. The van der Waals surface area contributed by atoms with Crippen LogP contribution in [0, 0.1) is 20.8 Å². The topological polar surface area (TPSA) is 27.7 Å². The molecule has 0 atom stereocenters. The molecule has 3 aromatic rings. The molecular weight excluding hydrogens is 516 g/mol. The maximum Gasteiger partial charge on any atom is 0.127 e. The number of ether oxygens (including phenoxy) is 3. The van der Waals surface area contributed by atoms with E-state index in [9.17, 15) is 0 Å². The second-order valence-corrected chi connectivity index (χ2v) is 11.9. The molecule has 0 heterocycles. The minimum absolute atomic E-state index is 0.724. The Kier molecular flexibility index (Phi) is 14.8. The van der Waals surface area contributed by atoms with Crippen LogP contribution in [0.3, 0.4) is 0 Å². The van der Waals surface area contributed by atoms with E-state index in [2.05, 4.69) is 90.1 Å². The highest BCUT2D eigenvalue weighted by Crippen LogP contribution is 2.40. The fourth-order valence-corrected chi connectivity index (χ4v) is 5.32. The van der Waals surface area contributed by atoms with Crippen molar-refractivity contribution >= 4 is 0 Å². The number of unbranched alkanes of at least 4 members (excludes halogenated alkanes) is 9. The van der Waals surface area contributed by atoms with E-state index >= 15 is 0 Å². The molecule has 0 fully saturated rings. The molecule has 0 spiro atoms. The predicted octanol–water partition coefficient (Wildman–Crippen LogP) is 11.8. The Morgan fingerprint density at radius 3 is 1.29 bits per heavy atom. The molecule has 230 valence electrons. The van der Waals surface area contributed by atoms with Gasteiger partial charge in [0.1, 0.15) is 17.2 Å². The monoisotopic (exact) mass is 572 g/mol. The highest BCUT2D eigenvalue weighted by molar-refractivity contribution is 5.80. The molecule has 0 aliphatic rings. The summed E-state index contributed by atoms with van der Waals surface area (Å²) in [5, 5.41) is 0. The molecule has 0 amide bonds. The molecule has 0 bridgehead atoms. The number of rotatable bonds is 20. The second kappa shape index (κ2) is 18.6. The summed E-state index contributed by atoms with van der Waals surface area (Å²) in [6.07, 6.45) is 14.4. The Morgan fingerprint density at radius 2 is 0.833 bits per heavy atom. The van der Waals surface area contributed by atoms with Gasteiger partial charge >= 0.3 is 0 Å². The summed E-state index contributed by atoms with van der Waals surface area (Å²) in [5.74, 6) is 2.89. The summed E-state index contributed by atoms with van der Waals surface area (Å²) in [6, 6.07) is 17.7. The SMILES string of the molecule is CCCCCCOc1cc(-c2cc(OCCCCCC)c(-c3ccc(C)c(OCCCCCC)c3)cc2C)ccc1C. The largest absolute Gasteiger partial charge is 0.493 e. The molecule has 42 heavy (non-hydrogen) atoms. The lowest BCUT2D eigenvalue weighted by Crippen LogP contribution is -2.02. The van der Waals surface area contributed by atoms with E-state index in [1.807, 2.05) is 0 Å². The van der Waals surface area contributed by atoms with Crippen LogP contribution >= 0.6 is 0 Å². The van der Waals surface area contributed by atoms with Crippen molar-refractivity contribution in [2.24, 2.45) is 0 Å². The van der Waals surface area contributed by atoms with E-state index in [0.29, 0.717) is 0 Å². The highest BCUT2D eigenvalue weighted by atomic mass is 16.5. The lowest BCUT2D eigenvalue weighted by atomic mass is 9.93. The normalized spacial score (nSPS) is 11.1. The summed E-state index contributed by atoms with van der Waals surface area (Å²) < 4.78 is 19.0. The average Bonchev–Trinajstić information content (AvgIpc) is 2.99. The van der Waals surface area contributed by atoms with Gasteiger partial charge in [0, 0.05) is 5.56 Å². The zero-order chi connectivity index (χ0) is 30.2. The summed E-state index contributed by atoms with van der Waals surface area (Å²) in [4.78, 5) is 0. The fraction of sp³-hybridized carbons (Fsp3) is 0.538. The van der Waals surface area contributed by atoms with Crippen LogP contribution in [-0.2, 0) is 0 Å². The van der Waals surface area contributed by atoms with Gasteiger partial charge in [-0.3, -0.25) is 0 Å². The summed E-state index contributed by atoms with van der Waals surface area (Å²) in [6.45, 7) is 15.5. The maximum absolute atomic E-state index is 6.54. The van der Waals surface area contributed by atoms with Gasteiger partial charge in [-0.05, 0) is 97.7 Å². The lowest BCUT2D eigenvalue weighted by Gasteiger charge is -2.18. The van der Waals surface area contributed by atoms with Crippen LogP contribution in [0.15, 0.2) is 48.5 Å². The van der Waals surface area contributed by atoms with Crippen LogP contribution in [0.2, 0.25) is 0 Å². The van der Waals surface area contributed by atoms with Crippen molar-refractivity contribution in [2.45, 2.75) is 119 Å². The van der Waals surface area contributed by atoms with Crippen molar-refractivity contribution in [1.29, 1.82) is 0 Å².